The highest BCUT2D eigenvalue weighted by atomic mass is 32.2. The standard InChI is InChI=1S/C10H16N2S/c1-7-5-9(11)12-6-8(7)13-10(2,3)4/h5-6H,1-4H3,(H2,11,12). The van der Waals surface area contributed by atoms with E-state index in [9.17, 15) is 0 Å². The summed E-state index contributed by atoms with van der Waals surface area (Å²) in [6.45, 7) is 8.63. The molecule has 2 nitrogen and oxygen atoms in total. The first-order chi connectivity index (χ1) is 5.88. The molecule has 0 saturated heterocycles. The van der Waals surface area contributed by atoms with Gasteiger partial charge in [0.05, 0.1) is 0 Å². The van der Waals surface area contributed by atoms with E-state index in [1.165, 1.54) is 10.5 Å². The van der Waals surface area contributed by atoms with E-state index in [2.05, 4.69) is 32.7 Å². The van der Waals surface area contributed by atoms with Crippen molar-refractivity contribution in [3.05, 3.63) is 17.8 Å². The fraction of sp³-hybridized carbons (Fsp3) is 0.500. The Balaban J connectivity index is 2.90. The van der Waals surface area contributed by atoms with E-state index in [-0.39, 0.29) is 4.75 Å². The molecule has 0 spiro atoms. The summed E-state index contributed by atoms with van der Waals surface area (Å²) in [7, 11) is 0. The van der Waals surface area contributed by atoms with Gasteiger partial charge in [0.1, 0.15) is 5.82 Å². The Morgan fingerprint density at radius 3 is 2.46 bits per heavy atom. The van der Waals surface area contributed by atoms with Gasteiger partial charge in [0, 0.05) is 15.8 Å². The maximum atomic E-state index is 5.57. The monoisotopic (exact) mass is 196 g/mol. The summed E-state index contributed by atoms with van der Waals surface area (Å²) < 4.78 is 0.225. The lowest BCUT2D eigenvalue weighted by atomic mass is 10.3. The zero-order valence-corrected chi connectivity index (χ0v) is 9.40. The zero-order valence-electron chi connectivity index (χ0n) is 8.59. The maximum absolute atomic E-state index is 5.57. The Kier molecular flexibility index (Phi) is 2.86. The second-order valence-corrected chi connectivity index (χ2v) is 5.96. The van der Waals surface area contributed by atoms with Crippen LogP contribution in [0.2, 0.25) is 0 Å². The quantitative estimate of drug-likeness (QED) is 0.702. The van der Waals surface area contributed by atoms with Gasteiger partial charge in [-0.25, -0.2) is 4.98 Å². The van der Waals surface area contributed by atoms with E-state index in [4.69, 9.17) is 5.73 Å². The van der Waals surface area contributed by atoms with Crippen LogP contribution in [0.5, 0.6) is 0 Å². The summed E-state index contributed by atoms with van der Waals surface area (Å²) in [6.07, 6.45) is 1.85. The second-order valence-electron chi connectivity index (χ2n) is 4.09. The van der Waals surface area contributed by atoms with Crippen LogP contribution in [0, 0.1) is 6.92 Å². The second kappa shape index (κ2) is 3.58. The van der Waals surface area contributed by atoms with Crippen LogP contribution >= 0.6 is 11.8 Å². The molecule has 0 amide bonds. The summed E-state index contributed by atoms with van der Waals surface area (Å²) in [6, 6.07) is 1.91. The summed E-state index contributed by atoms with van der Waals surface area (Å²) >= 11 is 1.82. The van der Waals surface area contributed by atoms with Crippen LogP contribution in [-0.4, -0.2) is 9.73 Å². The van der Waals surface area contributed by atoms with Crippen molar-refractivity contribution < 1.29 is 0 Å². The normalized spacial score (nSPS) is 11.7. The van der Waals surface area contributed by atoms with Crippen molar-refractivity contribution in [3.63, 3.8) is 0 Å². The van der Waals surface area contributed by atoms with Crippen molar-refractivity contribution in [2.24, 2.45) is 0 Å². The highest BCUT2D eigenvalue weighted by Crippen LogP contribution is 2.33. The van der Waals surface area contributed by atoms with E-state index in [0.29, 0.717) is 5.82 Å². The smallest absolute Gasteiger partial charge is 0.123 e. The van der Waals surface area contributed by atoms with E-state index < -0.39 is 0 Å². The molecule has 1 aromatic heterocycles. The molecule has 0 unspecified atom stereocenters. The predicted molar refractivity (Wildman–Crippen MR) is 59.0 cm³/mol. The minimum atomic E-state index is 0.225. The number of anilines is 1. The molecule has 72 valence electrons. The van der Waals surface area contributed by atoms with Crippen LogP contribution in [0.15, 0.2) is 17.2 Å². The molecule has 0 aromatic carbocycles. The topological polar surface area (TPSA) is 38.9 Å². The van der Waals surface area contributed by atoms with Gasteiger partial charge in [-0.2, -0.15) is 0 Å². The van der Waals surface area contributed by atoms with E-state index in [1.54, 1.807) is 0 Å². The minimum Gasteiger partial charge on any atom is -0.384 e. The lowest BCUT2D eigenvalue weighted by Crippen LogP contribution is -2.07. The predicted octanol–water partition coefficient (Wildman–Crippen LogP) is 2.86. The average Bonchev–Trinajstić information content (AvgIpc) is 1.93. The maximum Gasteiger partial charge on any atom is 0.123 e. The largest absolute Gasteiger partial charge is 0.384 e. The first kappa shape index (κ1) is 10.4. The van der Waals surface area contributed by atoms with Crippen molar-refractivity contribution in [3.8, 4) is 0 Å². The molecule has 0 saturated carbocycles. The minimum absolute atomic E-state index is 0.225. The Bertz CT molecular complexity index is 302. The number of nitrogen functional groups attached to an aromatic ring is 1. The Morgan fingerprint density at radius 1 is 1.38 bits per heavy atom. The molecule has 0 aliphatic rings. The van der Waals surface area contributed by atoms with Gasteiger partial charge < -0.3 is 5.73 Å². The zero-order chi connectivity index (χ0) is 10.1. The molecule has 0 bridgehead atoms. The Hall–Kier alpha value is -0.700. The lowest BCUT2D eigenvalue weighted by molar-refractivity contribution is 0.801. The van der Waals surface area contributed by atoms with Crippen LogP contribution in [0.4, 0.5) is 5.82 Å². The summed E-state index contributed by atoms with van der Waals surface area (Å²) in [5.74, 6) is 0.593. The highest BCUT2D eigenvalue weighted by molar-refractivity contribution is 8.00. The molecule has 1 heterocycles. The first-order valence-corrected chi connectivity index (χ1v) is 5.11. The molecule has 0 atom stereocenters. The molecule has 13 heavy (non-hydrogen) atoms. The van der Waals surface area contributed by atoms with E-state index in [1.807, 2.05) is 24.0 Å². The van der Waals surface area contributed by atoms with Gasteiger partial charge in [-0.1, -0.05) is 20.8 Å². The summed E-state index contributed by atoms with van der Waals surface area (Å²) in [4.78, 5) is 5.29. The summed E-state index contributed by atoms with van der Waals surface area (Å²) in [5, 5.41) is 0. The van der Waals surface area contributed by atoms with Crippen LogP contribution in [-0.2, 0) is 0 Å². The highest BCUT2D eigenvalue weighted by Gasteiger charge is 2.13. The molecule has 0 aliphatic carbocycles. The van der Waals surface area contributed by atoms with Crippen LogP contribution in [0.25, 0.3) is 0 Å². The third-order valence-corrected chi connectivity index (χ3v) is 2.76. The number of hydrogen-bond acceptors (Lipinski definition) is 3. The number of rotatable bonds is 1. The van der Waals surface area contributed by atoms with Gasteiger partial charge >= 0.3 is 0 Å². The van der Waals surface area contributed by atoms with Crippen molar-refractivity contribution in [1.29, 1.82) is 0 Å². The third kappa shape index (κ3) is 3.27. The molecule has 0 fully saturated rings. The number of nitrogens with zero attached hydrogens (tertiary/aromatic N) is 1. The van der Waals surface area contributed by atoms with Crippen LogP contribution < -0.4 is 5.73 Å². The first-order valence-electron chi connectivity index (χ1n) is 4.29. The molecule has 0 aliphatic heterocycles. The van der Waals surface area contributed by atoms with Crippen molar-refractivity contribution in [2.75, 3.05) is 5.73 Å². The van der Waals surface area contributed by atoms with Crippen LogP contribution in [0.1, 0.15) is 26.3 Å². The van der Waals surface area contributed by atoms with Crippen molar-refractivity contribution >= 4 is 17.6 Å². The molecule has 0 radical (unpaired) electrons. The van der Waals surface area contributed by atoms with Gasteiger partial charge in [-0.05, 0) is 18.6 Å². The SMILES string of the molecule is Cc1cc(N)ncc1SC(C)(C)C. The number of hydrogen-bond donors (Lipinski definition) is 1. The lowest BCUT2D eigenvalue weighted by Gasteiger charge is -2.18. The Morgan fingerprint density at radius 2 is 2.00 bits per heavy atom. The fourth-order valence-electron chi connectivity index (χ4n) is 1.00. The van der Waals surface area contributed by atoms with Gasteiger partial charge in [-0.15, -0.1) is 11.8 Å². The molecular weight excluding hydrogens is 180 g/mol. The molecule has 2 N–H and O–H groups in total. The fourth-order valence-corrected chi connectivity index (χ4v) is 1.99. The van der Waals surface area contributed by atoms with E-state index in [0.717, 1.165) is 0 Å². The van der Waals surface area contributed by atoms with Crippen LogP contribution in [0.3, 0.4) is 0 Å². The van der Waals surface area contributed by atoms with Gasteiger partial charge in [-0.3, -0.25) is 0 Å². The van der Waals surface area contributed by atoms with Gasteiger partial charge in [0.2, 0.25) is 0 Å². The number of nitrogens with two attached hydrogens (primary N) is 1. The van der Waals surface area contributed by atoms with Gasteiger partial charge in [0.25, 0.3) is 0 Å². The number of thioether (sulfide) groups is 1. The van der Waals surface area contributed by atoms with Gasteiger partial charge in [0.15, 0.2) is 0 Å². The molecule has 1 rings (SSSR count). The van der Waals surface area contributed by atoms with E-state index >= 15 is 0 Å². The number of pyridine rings is 1. The average molecular weight is 196 g/mol. The molecule has 1 aromatic rings. The third-order valence-electron chi connectivity index (χ3n) is 1.50. The molecular formula is C10H16N2S. The number of aryl methyl sites for hydroxylation is 1. The Labute approximate surface area is 83.9 Å². The number of aromatic nitrogens is 1. The summed E-state index contributed by atoms with van der Waals surface area (Å²) in [5.41, 5.74) is 6.77. The molecule has 3 heteroatoms. The van der Waals surface area contributed by atoms with Crippen molar-refractivity contribution in [2.45, 2.75) is 37.3 Å². The van der Waals surface area contributed by atoms with Crippen molar-refractivity contribution in [1.82, 2.24) is 4.98 Å².